The van der Waals surface area contributed by atoms with E-state index < -0.39 is 0 Å². The second-order valence-corrected chi connectivity index (χ2v) is 6.42. The second-order valence-electron chi connectivity index (χ2n) is 6.42. The van der Waals surface area contributed by atoms with E-state index in [4.69, 9.17) is 0 Å². The lowest BCUT2D eigenvalue weighted by Gasteiger charge is -2.46. The smallest absolute Gasteiger partial charge is 0.327 e. The fraction of sp³-hybridized carbons (Fsp3) is 0.692. The van der Waals surface area contributed by atoms with Crippen LogP contribution in [0.5, 0.6) is 0 Å². The fourth-order valence-corrected chi connectivity index (χ4v) is 3.05. The molecule has 1 amide bonds. The number of carbonyl (C=O) groups excluding carboxylic acids is 1. The van der Waals surface area contributed by atoms with E-state index in [1.165, 1.54) is 10.9 Å². The number of nitrogens with zero attached hydrogens (tertiary/aromatic N) is 2. The first-order chi connectivity index (χ1) is 8.27. The molecule has 2 N–H and O–H groups in total. The lowest BCUT2D eigenvalue weighted by Crippen LogP contribution is -2.62. The third-order valence-corrected chi connectivity index (χ3v) is 3.26. The largest absolute Gasteiger partial charge is 0.335 e. The maximum atomic E-state index is 12.0. The molecule has 5 heteroatoms. The number of aromatic nitrogens is 2. The number of rotatable bonds is 1. The molecule has 5 nitrogen and oxygen atoms in total. The molecule has 1 aliphatic heterocycles. The van der Waals surface area contributed by atoms with E-state index in [1.54, 1.807) is 12.4 Å². The molecule has 1 aliphatic rings. The van der Waals surface area contributed by atoms with Gasteiger partial charge in [0.15, 0.2) is 0 Å². The predicted molar refractivity (Wildman–Crippen MR) is 70.5 cm³/mol. The van der Waals surface area contributed by atoms with Crippen molar-refractivity contribution in [2.75, 3.05) is 0 Å². The SMILES string of the molecule is CC1(C)CC(NC(=O)n2ccnc2)CC(C)(C)N1. The highest BCUT2D eigenvalue weighted by Gasteiger charge is 2.38. The first-order valence-corrected chi connectivity index (χ1v) is 6.36. The van der Waals surface area contributed by atoms with Crippen LogP contribution < -0.4 is 10.6 Å². The zero-order valence-electron chi connectivity index (χ0n) is 11.5. The number of nitrogens with one attached hydrogen (secondary N) is 2. The van der Waals surface area contributed by atoms with Gasteiger partial charge in [-0.2, -0.15) is 0 Å². The Balaban J connectivity index is 2.03. The van der Waals surface area contributed by atoms with Gasteiger partial charge in [0.25, 0.3) is 0 Å². The van der Waals surface area contributed by atoms with Gasteiger partial charge in [-0.25, -0.2) is 9.78 Å². The van der Waals surface area contributed by atoms with Crippen LogP contribution in [0.2, 0.25) is 0 Å². The quantitative estimate of drug-likeness (QED) is 0.798. The Bertz CT molecular complexity index is 406. The van der Waals surface area contributed by atoms with Crippen molar-refractivity contribution < 1.29 is 4.79 Å². The van der Waals surface area contributed by atoms with Crippen LogP contribution in [-0.2, 0) is 0 Å². The Labute approximate surface area is 108 Å². The Hall–Kier alpha value is -1.36. The molecule has 0 aliphatic carbocycles. The summed E-state index contributed by atoms with van der Waals surface area (Å²) in [6.45, 7) is 8.68. The molecular formula is C13H22N4O. The van der Waals surface area contributed by atoms with Crippen LogP contribution in [0.25, 0.3) is 0 Å². The minimum absolute atomic E-state index is 0.0363. The highest BCUT2D eigenvalue weighted by molar-refractivity contribution is 5.76. The van der Waals surface area contributed by atoms with Crippen molar-refractivity contribution in [2.24, 2.45) is 0 Å². The molecule has 1 fully saturated rings. The predicted octanol–water partition coefficient (Wildman–Crippen LogP) is 1.75. The number of hydrogen-bond acceptors (Lipinski definition) is 3. The van der Waals surface area contributed by atoms with Gasteiger partial charge in [0.05, 0.1) is 0 Å². The van der Waals surface area contributed by atoms with Crippen molar-refractivity contribution in [3.05, 3.63) is 18.7 Å². The van der Waals surface area contributed by atoms with Gasteiger partial charge in [0.1, 0.15) is 6.33 Å². The monoisotopic (exact) mass is 250 g/mol. The summed E-state index contributed by atoms with van der Waals surface area (Å²) in [5.74, 6) is 0. The Morgan fingerprint density at radius 3 is 2.44 bits per heavy atom. The molecule has 1 aromatic heterocycles. The van der Waals surface area contributed by atoms with Crippen LogP contribution in [0.15, 0.2) is 18.7 Å². The van der Waals surface area contributed by atoms with Gasteiger partial charge in [-0.05, 0) is 40.5 Å². The van der Waals surface area contributed by atoms with E-state index in [2.05, 4.69) is 43.3 Å². The average Bonchev–Trinajstić information content (AvgIpc) is 2.63. The zero-order valence-corrected chi connectivity index (χ0v) is 11.5. The van der Waals surface area contributed by atoms with Crippen LogP contribution in [0.1, 0.15) is 40.5 Å². The third-order valence-electron chi connectivity index (χ3n) is 3.26. The molecule has 0 aromatic carbocycles. The summed E-state index contributed by atoms with van der Waals surface area (Å²) < 4.78 is 1.47. The van der Waals surface area contributed by atoms with Gasteiger partial charge in [0.2, 0.25) is 0 Å². The van der Waals surface area contributed by atoms with Crippen molar-refractivity contribution in [1.29, 1.82) is 0 Å². The molecule has 2 rings (SSSR count). The van der Waals surface area contributed by atoms with Gasteiger partial charge >= 0.3 is 6.03 Å². The summed E-state index contributed by atoms with van der Waals surface area (Å²) in [6.07, 6.45) is 6.64. The molecule has 0 bridgehead atoms. The summed E-state index contributed by atoms with van der Waals surface area (Å²) in [6, 6.07) is 0.0807. The lowest BCUT2D eigenvalue weighted by molar-refractivity contribution is 0.148. The minimum atomic E-state index is -0.106. The van der Waals surface area contributed by atoms with E-state index in [0.717, 1.165) is 12.8 Å². The maximum Gasteiger partial charge on any atom is 0.327 e. The van der Waals surface area contributed by atoms with Crippen molar-refractivity contribution in [3.63, 3.8) is 0 Å². The van der Waals surface area contributed by atoms with E-state index in [-0.39, 0.29) is 23.2 Å². The topological polar surface area (TPSA) is 59.0 Å². The first kappa shape index (κ1) is 13.1. The summed E-state index contributed by atoms with van der Waals surface area (Å²) in [5.41, 5.74) is 0.0727. The molecule has 0 spiro atoms. The Kier molecular flexibility index (Phi) is 3.19. The molecule has 0 radical (unpaired) electrons. The van der Waals surface area contributed by atoms with E-state index >= 15 is 0 Å². The van der Waals surface area contributed by atoms with E-state index in [0.29, 0.717) is 0 Å². The van der Waals surface area contributed by atoms with Crippen LogP contribution in [0.4, 0.5) is 4.79 Å². The average molecular weight is 250 g/mol. The van der Waals surface area contributed by atoms with Crippen molar-refractivity contribution in [2.45, 2.75) is 57.7 Å². The standard InChI is InChI=1S/C13H22N4O/c1-12(2)7-10(8-13(3,4)16-12)15-11(18)17-6-5-14-9-17/h5-6,9-10,16H,7-8H2,1-4H3,(H,15,18). The highest BCUT2D eigenvalue weighted by atomic mass is 16.2. The number of carbonyl (C=O) groups is 1. The summed E-state index contributed by atoms with van der Waals surface area (Å²) in [4.78, 5) is 15.9. The normalized spacial score (nSPS) is 22.7. The number of amides is 1. The Morgan fingerprint density at radius 1 is 1.33 bits per heavy atom. The van der Waals surface area contributed by atoms with Crippen LogP contribution in [0, 0.1) is 0 Å². The molecule has 0 unspecified atom stereocenters. The van der Waals surface area contributed by atoms with Crippen LogP contribution >= 0.6 is 0 Å². The fourth-order valence-electron chi connectivity index (χ4n) is 3.05. The molecule has 0 saturated carbocycles. The van der Waals surface area contributed by atoms with Gasteiger partial charge in [-0.3, -0.25) is 4.57 Å². The third kappa shape index (κ3) is 3.10. The van der Waals surface area contributed by atoms with Gasteiger partial charge in [-0.15, -0.1) is 0 Å². The lowest BCUT2D eigenvalue weighted by atomic mass is 9.80. The van der Waals surface area contributed by atoms with Crippen molar-refractivity contribution in [1.82, 2.24) is 20.2 Å². The first-order valence-electron chi connectivity index (χ1n) is 6.36. The highest BCUT2D eigenvalue weighted by Crippen LogP contribution is 2.28. The second kappa shape index (κ2) is 4.39. The molecule has 2 heterocycles. The van der Waals surface area contributed by atoms with Gasteiger partial charge in [-0.1, -0.05) is 0 Å². The zero-order chi connectivity index (χ0) is 13.4. The summed E-state index contributed by atoms with van der Waals surface area (Å²) in [5, 5.41) is 6.68. The molecule has 18 heavy (non-hydrogen) atoms. The molecule has 100 valence electrons. The summed E-state index contributed by atoms with van der Waals surface area (Å²) >= 11 is 0. The summed E-state index contributed by atoms with van der Waals surface area (Å²) in [7, 11) is 0. The molecule has 1 saturated heterocycles. The maximum absolute atomic E-state index is 12.0. The van der Waals surface area contributed by atoms with Crippen LogP contribution in [0.3, 0.4) is 0 Å². The number of hydrogen-bond donors (Lipinski definition) is 2. The van der Waals surface area contributed by atoms with Crippen LogP contribution in [-0.4, -0.2) is 32.7 Å². The number of piperidine rings is 1. The molecular weight excluding hydrogens is 228 g/mol. The van der Waals surface area contributed by atoms with E-state index in [9.17, 15) is 4.79 Å². The number of imidazole rings is 1. The van der Waals surface area contributed by atoms with Gasteiger partial charge < -0.3 is 10.6 Å². The van der Waals surface area contributed by atoms with Crippen molar-refractivity contribution >= 4 is 6.03 Å². The molecule has 0 atom stereocenters. The Morgan fingerprint density at radius 2 is 1.94 bits per heavy atom. The van der Waals surface area contributed by atoms with Gasteiger partial charge in [0, 0.05) is 29.5 Å². The van der Waals surface area contributed by atoms with Crippen molar-refractivity contribution in [3.8, 4) is 0 Å². The van der Waals surface area contributed by atoms with E-state index in [1.807, 2.05) is 0 Å². The molecule has 1 aromatic rings. The minimum Gasteiger partial charge on any atom is -0.335 e.